The second kappa shape index (κ2) is 7.48. The molecule has 1 aromatic carbocycles. The van der Waals surface area contributed by atoms with Crippen LogP contribution in [0.2, 0.25) is 5.02 Å². The van der Waals surface area contributed by atoms with E-state index < -0.39 is 0 Å². The van der Waals surface area contributed by atoms with Crippen molar-refractivity contribution in [2.24, 2.45) is 0 Å². The van der Waals surface area contributed by atoms with Crippen molar-refractivity contribution in [2.75, 3.05) is 25.5 Å². The molecule has 0 amide bonds. The first-order chi connectivity index (χ1) is 12.7. The van der Waals surface area contributed by atoms with Crippen molar-refractivity contribution in [3.05, 3.63) is 53.8 Å². The number of piperidine rings is 1. The Balaban J connectivity index is 1.73. The lowest BCUT2D eigenvalue weighted by Gasteiger charge is -2.30. The number of halogens is 1. The highest BCUT2D eigenvalue weighted by molar-refractivity contribution is 6.30. The number of nitrogens with one attached hydrogen (secondary N) is 2. The van der Waals surface area contributed by atoms with Gasteiger partial charge in [-0.3, -0.25) is 10.1 Å². The summed E-state index contributed by atoms with van der Waals surface area (Å²) in [5, 5.41) is 12.2. The highest BCUT2D eigenvalue weighted by atomic mass is 35.5. The fraction of sp³-hybridized carbons (Fsp3) is 0.300. The van der Waals surface area contributed by atoms with Crippen LogP contribution in [0.5, 0.6) is 0 Å². The minimum Gasteiger partial charge on any atom is -0.364 e. The lowest BCUT2D eigenvalue weighted by molar-refractivity contribution is 0.261. The zero-order chi connectivity index (χ0) is 17.9. The third-order valence-electron chi connectivity index (χ3n) is 4.83. The normalized spacial score (nSPS) is 18.0. The summed E-state index contributed by atoms with van der Waals surface area (Å²) in [6.07, 6.45) is 5.98. The zero-order valence-electron chi connectivity index (χ0n) is 14.7. The van der Waals surface area contributed by atoms with E-state index in [1.807, 2.05) is 48.8 Å². The summed E-state index contributed by atoms with van der Waals surface area (Å²) in [6.45, 7) is 2.19. The van der Waals surface area contributed by atoms with Crippen molar-refractivity contribution in [1.82, 2.24) is 20.1 Å². The number of hydrogen-bond acceptors (Lipinski definition) is 4. The number of H-pyrrole nitrogens is 1. The van der Waals surface area contributed by atoms with Gasteiger partial charge in [0.25, 0.3) is 0 Å². The van der Waals surface area contributed by atoms with Crippen LogP contribution >= 0.6 is 11.6 Å². The van der Waals surface area contributed by atoms with Gasteiger partial charge in [0.15, 0.2) is 5.82 Å². The Kier molecular flexibility index (Phi) is 4.91. The maximum atomic E-state index is 6.05. The molecule has 2 N–H and O–H groups in total. The molecule has 26 heavy (non-hydrogen) atoms. The Hall–Kier alpha value is -2.37. The van der Waals surface area contributed by atoms with Gasteiger partial charge in [-0.15, -0.1) is 0 Å². The number of nitrogens with zero attached hydrogens (tertiary/aromatic N) is 3. The van der Waals surface area contributed by atoms with Crippen molar-refractivity contribution < 1.29 is 0 Å². The average Bonchev–Trinajstić information content (AvgIpc) is 3.06. The number of benzene rings is 1. The summed E-state index contributed by atoms with van der Waals surface area (Å²) in [5.41, 5.74) is 4.20. The van der Waals surface area contributed by atoms with Crippen molar-refractivity contribution in [3.8, 4) is 22.4 Å². The molecule has 2 aromatic heterocycles. The summed E-state index contributed by atoms with van der Waals surface area (Å²) in [7, 11) is 2.17. The topological polar surface area (TPSA) is 56.8 Å². The molecule has 1 fully saturated rings. The fourth-order valence-electron chi connectivity index (χ4n) is 3.55. The summed E-state index contributed by atoms with van der Waals surface area (Å²) in [5.74, 6) is 0.890. The Morgan fingerprint density at radius 2 is 1.88 bits per heavy atom. The molecule has 1 aliphatic rings. The van der Waals surface area contributed by atoms with Crippen molar-refractivity contribution >= 4 is 17.4 Å². The number of pyridine rings is 1. The van der Waals surface area contributed by atoms with Crippen LogP contribution in [0.3, 0.4) is 0 Å². The molecule has 0 radical (unpaired) electrons. The van der Waals surface area contributed by atoms with Crippen LogP contribution in [0.1, 0.15) is 12.8 Å². The van der Waals surface area contributed by atoms with Gasteiger partial charge in [0.05, 0.1) is 11.3 Å². The quantitative estimate of drug-likeness (QED) is 0.721. The highest BCUT2D eigenvalue weighted by Crippen LogP contribution is 2.36. The molecular formula is C20H22ClN5. The van der Waals surface area contributed by atoms with Crippen LogP contribution in [0, 0.1) is 0 Å². The number of likely N-dealkylation sites (N-methyl/N-ethyl adjacent to an activating group) is 1. The third kappa shape index (κ3) is 3.59. The van der Waals surface area contributed by atoms with E-state index in [0.29, 0.717) is 6.04 Å². The molecule has 1 atom stereocenters. The summed E-state index contributed by atoms with van der Waals surface area (Å²) in [4.78, 5) is 6.51. The van der Waals surface area contributed by atoms with Gasteiger partial charge in [0.1, 0.15) is 0 Å². The Morgan fingerprint density at radius 1 is 1.12 bits per heavy atom. The Labute approximate surface area is 158 Å². The van der Waals surface area contributed by atoms with E-state index in [2.05, 4.69) is 32.4 Å². The smallest absolute Gasteiger partial charge is 0.156 e. The number of aromatic nitrogens is 3. The minimum absolute atomic E-state index is 0.399. The molecule has 3 aromatic rings. The van der Waals surface area contributed by atoms with Gasteiger partial charge in [-0.25, -0.2) is 0 Å². The van der Waals surface area contributed by atoms with Crippen molar-refractivity contribution in [2.45, 2.75) is 18.9 Å². The van der Waals surface area contributed by atoms with Crippen LogP contribution in [0.25, 0.3) is 22.4 Å². The van der Waals surface area contributed by atoms with Gasteiger partial charge >= 0.3 is 0 Å². The SMILES string of the molecule is CN1CCCC(Nc2n[nH]c(-c3ccc(Cl)cc3)c2-c2ccncc2)C1. The number of anilines is 1. The van der Waals surface area contributed by atoms with Gasteiger partial charge in [0, 0.05) is 35.6 Å². The van der Waals surface area contributed by atoms with Gasteiger partial charge in [-0.2, -0.15) is 5.10 Å². The molecule has 1 aliphatic heterocycles. The van der Waals surface area contributed by atoms with Gasteiger partial charge in [-0.1, -0.05) is 23.7 Å². The first-order valence-electron chi connectivity index (χ1n) is 8.90. The van der Waals surface area contributed by atoms with E-state index in [9.17, 15) is 0 Å². The molecule has 134 valence electrons. The van der Waals surface area contributed by atoms with Gasteiger partial charge in [-0.05, 0) is 56.3 Å². The number of rotatable bonds is 4. The van der Waals surface area contributed by atoms with Gasteiger partial charge < -0.3 is 10.2 Å². The molecule has 0 spiro atoms. The lowest BCUT2D eigenvalue weighted by Crippen LogP contribution is -2.39. The predicted molar refractivity (Wildman–Crippen MR) is 106 cm³/mol. The zero-order valence-corrected chi connectivity index (χ0v) is 15.5. The van der Waals surface area contributed by atoms with Crippen molar-refractivity contribution in [3.63, 3.8) is 0 Å². The molecule has 4 rings (SSSR count). The molecule has 3 heterocycles. The first-order valence-corrected chi connectivity index (χ1v) is 9.28. The molecule has 0 aliphatic carbocycles. The second-order valence-electron chi connectivity index (χ2n) is 6.81. The standard InChI is InChI=1S/C20H22ClN5/c1-26-12-2-3-17(13-26)23-20-18(14-8-10-22-11-9-14)19(24-25-20)15-4-6-16(21)7-5-15/h4-11,17H,2-3,12-13H2,1H3,(H2,23,24,25). The predicted octanol–water partition coefficient (Wildman–Crippen LogP) is 4.30. The molecular weight excluding hydrogens is 346 g/mol. The first kappa shape index (κ1) is 17.1. The molecule has 1 saturated heterocycles. The van der Waals surface area contributed by atoms with E-state index >= 15 is 0 Å². The van der Waals surface area contributed by atoms with E-state index in [-0.39, 0.29) is 0 Å². The number of hydrogen-bond donors (Lipinski definition) is 2. The lowest BCUT2D eigenvalue weighted by atomic mass is 10.0. The third-order valence-corrected chi connectivity index (χ3v) is 5.09. The van der Waals surface area contributed by atoms with Gasteiger partial charge in [0.2, 0.25) is 0 Å². The molecule has 5 nitrogen and oxygen atoms in total. The van der Waals surface area contributed by atoms with E-state index in [1.165, 1.54) is 6.42 Å². The second-order valence-corrected chi connectivity index (χ2v) is 7.25. The maximum absolute atomic E-state index is 6.05. The Bertz CT molecular complexity index is 860. The maximum Gasteiger partial charge on any atom is 0.156 e. The monoisotopic (exact) mass is 367 g/mol. The molecule has 0 saturated carbocycles. The van der Waals surface area contributed by atoms with Crippen LogP contribution in [0.4, 0.5) is 5.82 Å². The van der Waals surface area contributed by atoms with Crippen molar-refractivity contribution in [1.29, 1.82) is 0 Å². The molecule has 6 heteroatoms. The van der Waals surface area contributed by atoms with Crippen LogP contribution in [-0.2, 0) is 0 Å². The summed E-state index contributed by atoms with van der Waals surface area (Å²) >= 11 is 6.05. The van der Waals surface area contributed by atoms with Crippen LogP contribution < -0.4 is 5.32 Å². The molecule has 1 unspecified atom stereocenters. The number of likely N-dealkylation sites (tertiary alicyclic amines) is 1. The molecule has 0 bridgehead atoms. The summed E-state index contributed by atoms with van der Waals surface area (Å²) < 4.78 is 0. The Morgan fingerprint density at radius 3 is 2.62 bits per heavy atom. The average molecular weight is 368 g/mol. The minimum atomic E-state index is 0.399. The van der Waals surface area contributed by atoms with E-state index in [0.717, 1.165) is 52.7 Å². The highest BCUT2D eigenvalue weighted by Gasteiger charge is 2.22. The number of aromatic amines is 1. The fourth-order valence-corrected chi connectivity index (χ4v) is 3.68. The van der Waals surface area contributed by atoms with E-state index in [1.54, 1.807) is 0 Å². The van der Waals surface area contributed by atoms with Crippen LogP contribution in [-0.4, -0.2) is 46.3 Å². The van der Waals surface area contributed by atoms with Crippen LogP contribution in [0.15, 0.2) is 48.8 Å². The summed E-state index contributed by atoms with van der Waals surface area (Å²) in [6, 6.07) is 12.3. The van der Waals surface area contributed by atoms with E-state index in [4.69, 9.17) is 11.6 Å². The largest absolute Gasteiger partial charge is 0.364 e.